The molecule has 0 saturated heterocycles. The first-order chi connectivity index (χ1) is 40.0. The van der Waals surface area contributed by atoms with Gasteiger partial charge in [0.05, 0.1) is 0 Å². The zero-order valence-electron chi connectivity index (χ0n) is 53.8. The SMILES string of the molecule is CC/C=C\C/C=C\C/C=C\C/C=C\CCC(=O)OCC(COC(=O)CCCCCCCCCCCCCCCCCCC/C=C\CCCCCCCCCC)OC(=O)CCCCCCCCCCC/C=C\C/C=C\CCCCCCC. The second kappa shape index (κ2) is 69.1. The topological polar surface area (TPSA) is 78.9 Å². The van der Waals surface area contributed by atoms with E-state index in [0.29, 0.717) is 19.3 Å². The number of carbonyl (C=O) groups excluding carboxylic acids is 3. The summed E-state index contributed by atoms with van der Waals surface area (Å²) in [5.41, 5.74) is 0. The lowest BCUT2D eigenvalue weighted by atomic mass is 10.0. The van der Waals surface area contributed by atoms with Crippen LogP contribution in [0.4, 0.5) is 0 Å². The minimum absolute atomic E-state index is 0.0978. The van der Waals surface area contributed by atoms with Crippen LogP contribution in [0.25, 0.3) is 0 Å². The first kappa shape index (κ1) is 77.6. The van der Waals surface area contributed by atoms with Gasteiger partial charge in [0, 0.05) is 19.3 Å². The first-order valence-electron chi connectivity index (χ1n) is 35.1. The van der Waals surface area contributed by atoms with E-state index in [1.165, 1.54) is 238 Å². The van der Waals surface area contributed by atoms with Crippen molar-refractivity contribution in [2.75, 3.05) is 13.2 Å². The Balaban J connectivity index is 4.26. The molecule has 6 nitrogen and oxygen atoms in total. The van der Waals surface area contributed by atoms with Crippen molar-refractivity contribution in [1.29, 1.82) is 0 Å². The Hall–Kier alpha value is -3.41. The van der Waals surface area contributed by atoms with Crippen molar-refractivity contribution in [2.45, 2.75) is 361 Å². The van der Waals surface area contributed by atoms with Crippen LogP contribution in [0.2, 0.25) is 0 Å². The second-order valence-corrected chi connectivity index (χ2v) is 23.4. The number of hydrogen-bond donors (Lipinski definition) is 0. The molecule has 0 aliphatic heterocycles. The fourth-order valence-corrected chi connectivity index (χ4v) is 10.1. The average Bonchev–Trinajstić information content (AvgIpc) is 3.46. The third-order valence-corrected chi connectivity index (χ3v) is 15.4. The van der Waals surface area contributed by atoms with Gasteiger partial charge in [-0.3, -0.25) is 14.4 Å². The maximum Gasteiger partial charge on any atom is 0.306 e. The van der Waals surface area contributed by atoms with Crippen LogP contribution >= 0.6 is 0 Å². The van der Waals surface area contributed by atoms with E-state index in [-0.39, 0.29) is 37.5 Å². The summed E-state index contributed by atoms with van der Waals surface area (Å²) in [7, 11) is 0. The number of allylic oxidation sites excluding steroid dienone is 14. The highest BCUT2D eigenvalue weighted by Crippen LogP contribution is 2.17. The van der Waals surface area contributed by atoms with Gasteiger partial charge in [-0.1, -0.05) is 318 Å². The van der Waals surface area contributed by atoms with Crippen LogP contribution in [-0.4, -0.2) is 37.2 Å². The number of unbranched alkanes of at least 4 members (excludes halogenated alkanes) is 39. The highest BCUT2D eigenvalue weighted by atomic mass is 16.6. The summed E-state index contributed by atoms with van der Waals surface area (Å²) in [6.45, 7) is 6.49. The van der Waals surface area contributed by atoms with Gasteiger partial charge in [-0.25, -0.2) is 0 Å². The molecule has 0 aromatic rings. The minimum Gasteiger partial charge on any atom is -0.462 e. The number of esters is 3. The third-order valence-electron chi connectivity index (χ3n) is 15.4. The van der Waals surface area contributed by atoms with Crippen LogP contribution in [0.15, 0.2) is 85.1 Å². The number of rotatable bonds is 64. The Morgan fingerprint density at radius 2 is 0.506 bits per heavy atom. The standard InChI is InChI=1S/C75H132O6/c1-4-7-10-13-16-19-22-25-27-29-31-33-34-35-36-37-38-39-40-42-43-45-47-50-53-56-59-62-65-68-74(77)80-71-72(70-79-73(76)67-64-61-58-55-52-49-24-21-18-15-12-9-6-3)81-75(78)69-66-63-60-57-54-51-48-46-44-41-32-30-28-26-23-20-17-14-11-8-5-2/h9,12,18,21,23,26,29-32,49,52,58,61,72H,4-8,10-11,13-17,19-20,22,24-25,27-28,33-48,50-51,53-57,59-60,62-71H2,1-3H3/b12-9-,21-18-,26-23-,31-29-,32-30-,52-49-,61-58-. The zero-order chi connectivity index (χ0) is 58.5. The Morgan fingerprint density at radius 3 is 0.840 bits per heavy atom. The molecule has 6 heteroatoms. The molecule has 0 saturated carbocycles. The van der Waals surface area contributed by atoms with Gasteiger partial charge in [-0.15, -0.1) is 0 Å². The maximum absolute atomic E-state index is 12.9. The smallest absolute Gasteiger partial charge is 0.306 e. The van der Waals surface area contributed by atoms with Crippen molar-refractivity contribution in [1.82, 2.24) is 0 Å². The molecule has 0 spiro atoms. The molecule has 0 fully saturated rings. The molecule has 0 heterocycles. The number of carbonyl (C=O) groups is 3. The van der Waals surface area contributed by atoms with E-state index in [9.17, 15) is 14.4 Å². The van der Waals surface area contributed by atoms with Gasteiger partial charge in [0.1, 0.15) is 13.2 Å². The van der Waals surface area contributed by atoms with Crippen LogP contribution in [0.1, 0.15) is 355 Å². The van der Waals surface area contributed by atoms with Crippen LogP contribution in [0.3, 0.4) is 0 Å². The highest BCUT2D eigenvalue weighted by Gasteiger charge is 2.19. The molecule has 468 valence electrons. The predicted octanol–water partition coefficient (Wildman–Crippen LogP) is 24.2. The minimum atomic E-state index is -0.809. The molecule has 0 amide bonds. The van der Waals surface area contributed by atoms with Crippen molar-refractivity contribution < 1.29 is 28.6 Å². The molecular weight excluding hydrogens is 997 g/mol. The van der Waals surface area contributed by atoms with Gasteiger partial charge in [-0.2, -0.15) is 0 Å². The van der Waals surface area contributed by atoms with E-state index in [0.717, 1.165) is 70.6 Å². The quantitative estimate of drug-likeness (QED) is 0.0261. The van der Waals surface area contributed by atoms with Crippen molar-refractivity contribution in [3.05, 3.63) is 85.1 Å². The molecule has 1 atom stereocenters. The summed E-state index contributed by atoms with van der Waals surface area (Å²) in [5.74, 6) is -0.972. The lowest BCUT2D eigenvalue weighted by Crippen LogP contribution is -2.30. The van der Waals surface area contributed by atoms with E-state index in [4.69, 9.17) is 14.2 Å². The van der Waals surface area contributed by atoms with Gasteiger partial charge in [0.2, 0.25) is 0 Å². The summed E-state index contributed by atoms with van der Waals surface area (Å²) >= 11 is 0. The van der Waals surface area contributed by atoms with Crippen LogP contribution < -0.4 is 0 Å². The Kier molecular flexibility index (Phi) is 66.2. The van der Waals surface area contributed by atoms with Crippen molar-refractivity contribution in [2.24, 2.45) is 0 Å². The zero-order valence-corrected chi connectivity index (χ0v) is 53.8. The largest absolute Gasteiger partial charge is 0.462 e. The lowest BCUT2D eigenvalue weighted by Gasteiger charge is -2.18. The highest BCUT2D eigenvalue weighted by molar-refractivity contribution is 5.71. The second-order valence-electron chi connectivity index (χ2n) is 23.4. The number of hydrogen-bond acceptors (Lipinski definition) is 6. The van der Waals surface area contributed by atoms with Crippen molar-refractivity contribution in [3.63, 3.8) is 0 Å². The molecule has 0 aliphatic rings. The average molecular weight is 1130 g/mol. The van der Waals surface area contributed by atoms with E-state index in [1.807, 2.05) is 6.08 Å². The molecule has 0 aromatic heterocycles. The van der Waals surface area contributed by atoms with E-state index in [2.05, 4.69) is 99.8 Å². The fraction of sp³-hybridized carbons (Fsp3) is 0.773. The lowest BCUT2D eigenvalue weighted by molar-refractivity contribution is -0.166. The maximum atomic E-state index is 12.9. The van der Waals surface area contributed by atoms with Gasteiger partial charge < -0.3 is 14.2 Å². The summed E-state index contributed by atoms with van der Waals surface area (Å²) in [6, 6.07) is 0. The predicted molar refractivity (Wildman–Crippen MR) is 353 cm³/mol. The molecule has 0 rings (SSSR count). The van der Waals surface area contributed by atoms with E-state index >= 15 is 0 Å². The molecule has 1 unspecified atom stereocenters. The van der Waals surface area contributed by atoms with E-state index in [1.54, 1.807) is 0 Å². The van der Waals surface area contributed by atoms with E-state index < -0.39 is 6.10 Å². The normalized spacial score (nSPS) is 12.6. The molecule has 0 N–H and O–H groups in total. The molecule has 0 bridgehead atoms. The van der Waals surface area contributed by atoms with Crippen LogP contribution in [0, 0.1) is 0 Å². The molecule has 0 radical (unpaired) electrons. The fourth-order valence-electron chi connectivity index (χ4n) is 10.1. The van der Waals surface area contributed by atoms with Crippen molar-refractivity contribution in [3.8, 4) is 0 Å². The molecule has 0 aromatic carbocycles. The van der Waals surface area contributed by atoms with Gasteiger partial charge in [-0.05, 0) is 103 Å². The van der Waals surface area contributed by atoms with Gasteiger partial charge in [0.15, 0.2) is 6.10 Å². The number of ether oxygens (including phenoxy) is 3. The van der Waals surface area contributed by atoms with Gasteiger partial charge >= 0.3 is 17.9 Å². The van der Waals surface area contributed by atoms with Crippen molar-refractivity contribution >= 4 is 17.9 Å². The summed E-state index contributed by atoms with van der Waals surface area (Å²) in [4.78, 5) is 38.3. The third kappa shape index (κ3) is 67.3. The Morgan fingerprint density at radius 1 is 0.259 bits per heavy atom. The Labute approximate surface area is 503 Å². The summed E-state index contributed by atoms with van der Waals surface area (Å²) in [6.07, 6.45) is 92.1. The summed E-state index contributed by atoms with van der Waals surface area (Å²) < 4.78 is 16.9. The summed E-state index contributed by atoms with van der Waals surface area (Å²) in [5, 5.41) is 0. The Bertz CT molecular complexity index is 1530. The van der Waals surface area contributed by atoms with Crippen LogP contribution in [0.5, 0.6) is 0 Å². The first-order valence-corrected chi connectivity index (χ1v) is 35.1. The van der Waals surface area contributed by atoms with Gasteiger partial charge in [0.25, 0.3) is 0 Å². The van der Waals surface area contributed by atoms with Crippen LogP contribution in [-0.2, 0) is 28.6 Å². The molecule has 81 heavy (non-hydrogen) atoms. The monoisotopic (exact) mass is 1130 g/mol. The molecule has 0 aliphatic carbocycles. The molecular formula is C75H132O6.